The molecule has 1 rings (SSSR count). The maximum absolute atomic E-state index is 13.3. The Kier molecular flexibility index (Phi) is 4.76. The molecule has 0 spiro atoms. The van der Waals surface area contributed by atoms with E-state index in [-0.39, 0.29) is 23.9 Å². The van der Waals surface area contributed by atoms with Crippen molar-refractivity contribution in [1.29, 1.82) is 0 Å². The Bertz CT molecular complexity index is 451. The van der Waals surface area contributed by atoms with Crippen LogP contribution in [0, 0.1) is 11.9 Å². The lowest BCUT2D eigenvalue weighted by atomic mass is 10.1. The van der Waals surface area contributed by atoms with Gasteiger partial charge in [-0.2, -0.15) is 4.39 Å². The van der Waals surface area contributed by atoms with Gasteiger partial charge in [0.15, 0.2) is 0 Å². The molecule has 0 fully saturated rings. The van der Waals surface area contributed by atoms with E-state index in [0.717, 1.165) is 0 Å². The zero-order valence-electron chi connectivity index (χ0n) is 10.6. The van der Waals surface area contributed by atoms with Gasteiger partial charge < -0.3 is 10.2 Å². The highest BCUT2D eigenvalue weighted by Gasteiger charge is 2.20. The molecule has 1 unspecified atom stereocenters. The maximum atomic E-state index is 13.3. The average Bonchev–Trinajstić information content (AvgIpc) is 2.37. The first-order chi connectivity index (χ1) is 8.47. The van der Waals surface area contributed by atoms with Crippen LogP contribution in [-0.4, -0.2) is 42.3 Å². The summed E-state index contributed by atoms with van der Waals surface area (Å²) in [7, 11) is 3.05. The summed E-state index contributed by atoms with van der Waals surface area (Å²) < 4.78 is 13.3. The summed E-state index contributed by atoms with van der Waals surface area (Å²) >= 11 is 0. The van der Waals surface area contributed by atoms with Crippen LogP contribution in [0.4, 0.5) is 4.39 Å². The molecule has 0 saturated carbocycles. The molecule has 1 N–H and O–H groups in total. The van der Waals surface area contributed by atoms with Gasteiger partial charge in [-0.3, -0.25) is 9.59 Å². The topological polar surface area (TPSA) is 62.3 Å². The van der Waals surface area contributed by atoms with Gasteiger partial charge in [0.05, 0.1) is 11.5 Å². The average molecular weight is 253 g/mol. The van der Waals surface area contributed by atoms with Crippen molar-refractivity contribution in [2.24, 2.45) is 5.92 Å². The summed E-state index contributed by atoms with van der Waals surface area (Å²) in [5.41, 5.74) is -0.0934. The fourth-order valence-corrected chi connectivity index (χ4v) is 1.57. The van der Waals surface area contributed by atoms with Crippen LogP contribution in [0.2, 0.25) is 0 Å². The van der Waals surface area contributed by atoms with Crippen LogP contribution in [0.15, 0.2) is 18.3 Å². The second kappa shape index (κ2) is 6.09. The van der Waals surface area contributed by atoms with E-state index in [9.17, 15) is 14.0 Å². The van der Waals surface area contributed by atoms with E-state index in [1.165, 1.54) is 37.3 Å². The van der Waals surface area contributed by atoms with Gasteiger partial charge in [-0.15, -0.1) is 0 Å². The Morgan fingerprint density at radius 2 is 2.22 bits per heavy atom. The maximum Gasteiger partial charge on any atom is 0.258 e. The van der Waals surface area contributed by atoms with Crippen LogP contribution in [0.25, 0.3) is 0 Å². The molecule has 0 aromatic carbocycles. The molecule has 0 aliphatic rings. The highest BCUT2D eigenvalue weighted by molar-refractivity contribution is 5.94. The lowest BCUT2D eigenvalue weighted by Crippen LogP contribution is -2.37. The van der Waals surface area contributed by atoms with Gasteiger partial charge in [0.1, 0.15) is 0 Å². The molecule has 98 valence electrons. The number of halogens is 1. The van der Waals surface area contributed by atoms with Crippen LogP contribution in [-0.2, 0) is 4.79 Å². The molecule has 6 heteroatoms. The minimum Gasteiger partial charge on any atom is -0.359 e. The Morgan fingerprint density at radius 1 is 1.56 bits per heavy atom. The van der Waals surface area contributed by atoms with Gasteiger partial charge in [-0.05, 0) is 12.1 Å². The van der Waals surface area contributed by atoms with E-state index in [1.54, 1.807) is 6.92 Å². The lowest BCUT2D eigenvalue weighted by molar-refractivity contribution is -0.124. The van der Waals surface area contributed by atoms with Gasteiger partial charge >= 0.3 is 0 Å². The summed E-state index contributed by atoms with van der Waals surface area (Å²) in [4.78, 5) is 28.0. The third-order valence-corrected chi connectivity index (χ3v) is 2.58. The number of carbonyl (C=O) groups excluding carboxylic acids is 2. The van der Waals surface area contributed by atoms with Crippen molar-refractivity contribution in [2.75, 3.05) is 20.6 Å². The highest BCUT2D eigenvalue weighted by atomic mass is 19.1. The van der Waals surface area contributed by atoms with Crippen molar-refractivity contribution >= 4 is 11.8 Å². The smallest absolute Gasteiger partial charge is 0.258 e. The molecule has 2 amide bonds. The first-order valence-electron chi connectivity index (χ1n) is 5.55. The molecule has 5 nitrogen and oxygen atoms in total. The number of carbonyl (C=O) groups is 2. The van der Waals surface area contributed by atoms with Gasteiger partial charge in [0.25, 0.3) is 5.91 Å². The van der Waals surface area contributed by atoms with Crippen molar-refractivity contribution in [2.45, 2.75) is 6.92 Å². The normalized spacial score (nSPS) is 11.8. The predicted octanol–water partition coefficient (Wildman–Crippen LogP) is 0.675. The van der Waals surface area contributed by atoms with Crippen molar-refractivity contribution in [1.82, 2.24) is 15.2 Å². The molecule has 0 bridgehead atoms. The Labute approximate surface area is 105 Å². The standard InChI is InChI=1S/C12H16FN3O2/c1-8(11(17)14-2)7-16(3)12(18)9-5-4-6-15-10(9)13/h4-6,8H,7H2,1-3H3,(H,14,17). The lowest BCUT2D eigenvalue weighted by Gasteiger charge is -2.20. The van der Waals surface area contributed by atoms with E-state index < -0.39 is 11.9 Å². The molecule has 0 aliphatic carbocycles. The first-order valence-corrected chi connectivity index (χ1v) is 5.55. The molecule has 0 saturated heterocycles. The second-order valence-corrected chi connectivity index (χ2v) is 4.04. The molecule has 1 heterocycles. The van der Waals surface area contributed by atoms with E-state index in [2.05, 4.69) is 10.3 Å². The van der Waals surface area contributed by atoms with Crippen LogP contribution >= 0.6 is 0 Å². The number of hydrogen-bond acceptors (Lipinski definition) is 3. The third kappa shape index (κ3) is 3.26. The van der Waals surface area contributed by atoms with E-state index in [4.69, 9.17) is 0 Å². The van der Waals surface area contributed by atoms with Crippen LogP contribution < -0.4 is 5.32 Å². The van der Waals surface area contributed by atoms with Crippen LogP contribution in [0.3, 0.4) is 0 Å². The minimum absolute atomic E-state index is 0.0934. The SMILES string of the molecule is CNC(=O)C(C)CN(C)C(=O)c1cccnc1F. The number of nitrogens with zero attached hydrogens (tertiary/aromatic N) is 2. The Morgan fingerprint density at radius 3 is 2.78 bits per heavy atom. The molecule has 1 atom stereocenters. The Hall–Kier alpha value is -1.98. The number of rotatable bonds is 4. The first kappa shape index (κ1) is 14.1. The van der Waals surface area contributed by atoms with E-state index in [1.807, 2.05) is 0 Å². The van der Waals surface area contributed by atoms with Gasteiger partial charge in [0.2, 0.25) is 11.9 Å². The van der Waals surface area contributed by atoms with Crippen LogP contribution in [0.1, 0.15) is 17.3 Å². The molecule has 0 radical (unpaired) electrons. The number of amides is 2. The van der Waals surface area contributed by atoms with Gasteiger partial charge in [-0.1, -0.05) is 6.92 Å². The summed E-state index contributed by atoms with van der Waals surface area (Å²) in [5.74, 6) is -1.82. The van der Waals surface area contributed by atoms with Crippen molar-refractivity contribution < 1.29 is 14.0 Å². The molecule has 18 heavy (non-hydrogen) atoms. The van der Waals surface area contributed by atoms with Gasteiger partial charge in [-0.25, -0.2) is 4.98 Å². The molecule has 1 aromatic heterocycles. The summed E-state index contributed by atoms with van der Waals surface area (Å²) in [6.45, 7) is 1.91. The monoisotopic (exact) mass is 253 g/mol. The molecule has 0 aliphatic heterocycles. The fourth-order valence-electron chi connectivity index (χ4n) is 1.57. The fraction of sp³-hybridized carbons (Fsp3) is 0.417. The summed E-state index contributed by atoms with van der Waals surface area (Å²) in [6.07, 6.45) is 1.28. The largest absolute Gasteiger partial charge is 0.359 e. The Balaban J connectivity index is 2.74. The summed E-state index contributed by atoms with van der Waals surface area (Å²) in [6, 6.07) is 2.86. The summed E-state index contributed by atoms with van der Waals surface area (Å²) in [5, 5.41) is 2.50. The number of aromatic nitrogens is 1. The molecular formula is C12H16FN3O2. The minimum atomic E-state index is -0.804. The third-order valence-electron chi connectivity index (χ3n) is 2.58. The second-order valence-electron chi connectivity index (χ2n) is 4.04. The van der Waals surface area contributed by atoms with Crippen molar-refractivity contribution in [3.63, 3.8) is 0 Å². The van der Waals surface area contributed by atoms with E-state index in [0.29, 0.717) is 0 Å². The van der Waals surface area contributed by atoms with Crippen molar-refractivity contribution in [3.8, 4) is 0 Å². The van der Waals surface area contributed by atoms with E-state index >= 15 is 0 Å². The predicted molar refractivity (Wildman–Crippen MR) is 64.4 cm³/mol. The molecular weight excluding hydrogens is 237 g/mol. The number of pyridine rings is 1. The number of hydrogen-bond donors (Lipinski definition) is 1. The zero-order valence-corrected chi connectivity index (χ0v) is 10.6. The number of nitrogens with one attached hydrogen (secondary N) is 1. The van der Waals surface area contributed by atoms with Crippen molar-refractivity contribution in [3.05, 3.63) is 29.8 Å². The quantitative estimate of drug-likeness (QED) is 0.802. The molecule has 1 aromatic rings. The zero-order chi connectivity index (χ0) is 13.7. The highest BCUT2D eigenvalue weighted by Crippen LogP contribution is 2.08. The van der Waals surface area contributed by atoms with Gasteiger partial charge in [0, 0.05) is 26.8 Å². The van der Waals surface area contributed by atoms with Crippen LogP contribution in [0.5, 0.6) is 0 Å².